The topological polar surface area (TPSA) is 29.3 Å². The van der Waals surface area contributed by atoms with Crippen molar-refractivity contribution < 1.29 is 0 Å². The lowest BCUT2D eigenvalue weighted by molar-refractivity contribution is 0.0125. The van der Waals surface area contributed by atoms with Crippen LogP contribution in [-0.4, -0.2) is 29.6 Å². The minimum atomic E-state index is 0.126. The van der Waals surface area contributed by atoms with Crippen LogP contribution in [0.2, 0.25) is 0 Å². The molecule has 0 rings (SSSR count). The quantitative estimate of drug-likeness (QED) is 0.706. The second-order valence-corrected chi connectivity index (χ2v) is 6.23. The lowest BCUT2D eigenvalue weighted by Crippen LogP contribution is -2.59. The van der Waals surface area contributed by atoms with E-state index in [-0.39, 0.29) is 5.54 Å². The van der Waals surface area contributed by atoms with Gasteiger partial charge in [0.05, 0.1) is 0 Å². The lowest BCUT2D eigenvalue weighted by atomic mass is 9.84. The summed E-state index contributed by atoms with van der Waals surface area (Å²) in [5, 5.41) is 0. The molecule has 17 heavy (non-hydrogen) atoms. The zero-order chi connectivity index (χ0) is 13.6. The minimum absolute atomic E-state index is 0.126. The van der Waals surface area contributed by atoms with E-state index in [1.165, 1.54) is 12.8 Å². The van der Waals surface area contributed by atoms with Crippen molar-refractivity contribution in [1.29, 1.82) is 0 Å². The normalized spacial score (nSPS) is 16.2. The van der Waals surface area contributed by atoms with Gasteiger partial charge in [0.1, 0.15) is 0 Å². The second-order valence-electron chi connectivity index (χ2n) is 6.23. The Labute approximate surface area is 109 Å². The Kier molecular flexibility index (Phi) is 7.34. The summed E-state index contributed by atoms with van der Waals surface area (Å²) in [6.45, 7) is 18.0. The molecule has 0 radical (unpaired) electrons. The highest BCUT2D eigenvalue weighted by Crippen LogP contribution is 2.29. The molecule has 0 aliphatic heterocycles. The zero-order valence-electron chi connectivity index (χ0n) is 13.1. The van der Waals surface area contributed by atoms with E-state index in [1.54, 1.807) is 0 Å². The first kappa shape index (κ1) is 16.9. The largest absolute Gasteiger partial charge is 0.329 e. The SMILES string of the molecule is CCC(CC)N(CC(C)C)C(C)(CN)C(C)C. The molecule has 2 N–H and O–H groups in total. The van der Waals surface area contributed by atoms with Gasteiger partial charge >= 0.3 is 0 Å². The summed E-state index contributed by atoms with van der Waals surface area (Å²) >= 11 is 0. The second kappa shape index (κ2) is 7.38. The first-order chi connectivity index (χ1) is 7.83. The molecular weight excluding hydrogens is 208 g/mol. The molecule has 0 aromatic heterocycles. The van der Waals surface area contributed by atoms with Gasteiger partial charge in [-0.05, 0) is 31.6 Å². The van der Waals surface area contributed by atoms with Crippen LogP contribution in [-0.2, 0) is 0 Å². The van der Waals surface area contributed by atoms with Gasteiger partial charge in [-0.1, -0.05) is 41.5 Å². The Balaban J connectivity index is 5.12. The number of nitrogens with zero attached hydrogens (tertiary/aromatic N) is 1. The van der Waals surface area contributed by atoms with E-state index in [1.807, 2.05) is 0 Å². The minimum Gasteiger partial charge on any atom is -0.329 e. The van der Waals surface area contributed by atoms with E-state index in [2.05, 4.69) is 53.4 Å². The van der Waals surface area contributed by atoms with E-state index in [9.17, 15) is 0 Å². The van der Waals surface area contributed by atoms with Gasteiger partial charge in [0.2, 0.25) is 0 Å². The standard InChI is InChI=1S/C15H34N2/c1-8-14(9-2)17(10-12(3)4)15(7,11-16)13(5)6/h12-14H,8-11,16H2,1-7H3. The van der Waals surface area contributed by atoms with E-state index < -0.39 is 0 Å². The van der Waals surface area contributed by atoms with Gasteiger partial charge in [-0.3, -0.25) is 4.90 Å². The third kappa shape index (κ3) is 4.26. The Bertz CT molecular complexity index is 197. The van der Waals surface area contributed by atoms with Crippen LogP contribution in [0.5, 0.6) is 0 Å². The van der Waals surface area contributed by atoms with Crippen LogP contribution in [0.1, 0.15) is 61.3 Å². The van der Waals surface area contributed by atoms with E-state index in [0.29, 0.717) is 17.9 Å². The molecule has 0 fully saturated rings. The van der Waals surface area contributed by atoms with Crippen molar-refractivity contribution in [3.63, 3.8) is 0 Å². The van der Waals surface area contributed by atoms with Crippen molar-refractivity contribution in [3.05, 3.63) is 0 Å². The van der Waals surface area contributed by atoms with Gasteiger partial charge in [0, 0.05) is 24.7 Å². The van der Waals surface area contributed by atoms with Crippen LogP contribution in [0.3, 0.4) is 0 Å². The van der Waals surface area contributed by atoms with Gasteiger partial charge in [0.25, 0.3) is 0 Å². The molecular formula is C15H34N2. The van der Waals surface area contributed by atoms with Gasteiger partial charge < -0.3 is 5.73 Å². The smallest absolute Gasteiger partial charge is 0.0329 e. The molecule has 0 spiro atoms. The average Bonchev–Trinajstić information content (AvgIpc) is 2.27. The third-order valence-corrected chi connectivity index (χ3v) is 4.26. The molecule has 104 valence electrons. The maximum absolute atomic E-state index is 6.09. The first-order valence-electron chi connectivity index (χ1n) is 7.30. The van der Waals surface area contributed by atoms with Crippen LogP contribution in [0.25, 0.3) is 0 Å². The average molecular weight is 242 g/mol. The highest BCUT2D eigenvalue weighted by atomic mass is 15.2. The van der Waals surface area contributed by atoms with Crippen molar-refractivity contribution in [1.82, 2.24) is 4.90 Å². The molecule has 0 saturated heterocycles. The Morgan fingerprint density at radius 1 is 1.06 bits per heavy atom. The highest BCUT2D eigenvalue weighted by Gasteiger charge is 2.36. The maximum Gasteiger partial charge on any atom is 0.0329 e. The third-order valence-electron chi connectivity index (χ3n) is 4.26. The van der Waals surface area contributed by atoms with Gasteiger partial charge in [-0.2, -0.15) is 0 Å². The van der Waals surface area contributed by atoms with Gasteiger partial charge in [-0.15, -0.1) is 0 Å². The summed E-state index contributed by atoms with van der Waals surface area (Å²) in [5.41, 5.74) is 6.22. The van der Waals surface area contributed by atoms with Crippen LogP contribution in [0, 0.1) is 11.8 Å². The predicted octanol–water partition coefficient (Wildman–Crippen LogP) is 3.51. The van der Waals surface area contributed by atoms with Gasteiger partial charge in [-0.25, -0.2) is 0 Å². The van der Waals surface area contributed by atoms with E-state index in [4.69, 9.17) is 5.73 Å². The van der Waals surface area contributed by atoms with Crippen molar-refractivity contribution >= 4 is 0 Å². The zero-order valence-corrected chi connectivity index (χ0v) is 13.1. The molecule has 0 aromatic rings. The number of nitrogens with two attached hydrogens (primary N) is 1. The lowest BCUT2D eigenvalue weighted by Gasteiger charge is -2.48. The fraction of sp³-hybridized carbons (Fsp3) is 1.00. The predicted molar refractivity (Wildman–Crippen MR) is 78.2 cm³/mol. The fourth-order valence-electron chi connectivity index (χ4n) is 2.58. The molecule has 0 aliphatic carbocycles. The van der Waals surface area contributed by atoms with Crippen molar-refractivity contribution in [2.45, 2.75) is 72.9 Å². The first-order valence-corrected chi connectivity index (χ1v) is 7.30. The van der Waals surface area contributed by atoms with Crippen LogP contribution in [0.4, 0.5) is 0 Å². The molecule has 0 amide bonds. The van der Waals surface area contributed by atoms with E-state index >= 15 is 0 Å². The monoisotopic (exact) mass is 242 g/mol. The molecule has 1 atom stereocenters. The summed E-state index contributed by atoms with van der Waals surface area (Å²) in [6.07, 6.45) is 2.43. The molecule has 0 bridgehead atoms. The molecule has 0 aromatic carbocycles. The maximum atomic E-state index is 6.09. The summed E-state index contributed by atoms with van der Waals surface area (Å²) < 4.78 is 0. The number of hydrogen-bond donors (Lipinski definition) is 1. The summed E-state index contributed by atoms with van der Waals surface area (Å²) in [4.78, 5) is 2.67. The number of rotatable bonds is 8. The molecule has 2 heteroatoms. The number of hydrogen-bond acceptors (Lipinski definition) is 2. The van der Waals surface area contributed by atoms with Crippen LogP contribution in [0.15, 0.2) is 0 Å². The summed E-state index contributed by atoms with van der Waals surface area (Å²) in [5.74, 6) is 1.28. The van der Waals surface area contributed by atoms with Gasteiger partial charge in [0.15, 0.2) is 0 Å². The Morgan fingerprint density at radius 2 is 1.53 bits per heavy atom. The Morgan fingerprint density at radius 3 is 1.76 bits per heavy atom. The molecule has 1 unspecified atom stereocenters. The fourth-order valence-corrected chi connectivity index (χ4v) is 2.58. The van der Waals surface area contributed by atoms with Crippen LogP contribution < -0.4 is 5.73 Å². The van der Waals surface area contributed by atoms with Crippen molar-refractivity contribution in [3.8, 4) is 0 Å². The summed E-state index contributed by atoms with van der Waals surface area (Å²) in [7, 11) is 0. The summed E-state index contributed by atoms with van der Waals surface area (Å²) in [6, 6.07) is 0.661. The molecule has 0 saturated carbocycles. The Hall–Kier alpha value is -0.0800. The molecule has 0 aliphatic rings. The molecule has 2 nitrogen and oxygen atoms in total. The highest BCUT2D eigenvalue weighted by molar-refractivity contribution is 4.93. The van der Waals surface area contributed by atoms with E-state index in [0.717, 1.165) is 13.1 Å². The van der Waals surface area contributed by atoms with Crippen molar-refractivity contribution in [2.24, 2.45) is 17.6 Å². The van der Waals surface area contributed by atoms with Crippen LogP contribution >= 0.6 is 0 Å². The molecule has 0 heterocycles. The van der Waals surface area contributed by atoms with Crippen molar-refractivity contribution in [2.75, 3.05) is 13.1 Å².